The minimum atomic E-state index is 0.0489. The molecule has 120 valence electrons. The third-order valence-corrected chi connectivity index (χ3v) is 4.96. The summed E-state index contributed by atoms with van der Waals surface area (Å²) in [5.41, 5.74) is 1.11. The molecule has 1 amide bonds. The fourth-order valence-electron chi connectivity index (χ4n) is 2.37. The molecule has 0 atom stereocenters. The number of amides is 1. The fraction of sp³-hybridized carbons (Fsp3) is 0.278. The van der Waals surface area contributed by atoms with Gasteiger partial charge in [0.1, 0.15) is 5.75 Å². The van der Waals surface area contributed by atoms with Crippen LogP contribution in [-0.2, 0) is 11.3 Å². The summed E-state index contributed by atoms with van der Waals surface area (Å²) in [4.78, 5) is 15.4. The molecule has 1 fully saturated rings. The molecule has 1 aromatic heterocycles. The zero-order valence-electron chi connectivity index (χ0n) is 12.9. The first kappa shape index (κ1) is 16.1. The largest absolute Gasteiger partial charge is 0.497 e. The van der Waals surface area contributed by atoms with Crippen LogP contribution in [0.2, 0.25) is 4.34 Å². The molecule has 0 aliphatic heterocycles. The van der Waals surface area contributed by atoms with Gasteiger partial charge in [-0.05, 0) is 48.7 Å². The molecular formula is C18H18ClNO2S. The Labute approximate surface area is 145 Å². The number of methoxy groups -OCH3 is 1. The molecular weight excluding hydrogens is 330 g/mol. The number of thiophene rings is 1. The van der Waals surface area contributed by atoms with E-state index in [0.29, 0.717) is 12.6 Å². The van der Waals surface area contributed by atoms with Gasteiger partial charge >= 0.3 is 0 Å². The molecule has 0 unspecified atom stereocenters. The van der Waals surface area contributed by atoms with E-state index in [-0.39, 0.29) is 5.91 Å². The summed E-state index contributed by atoms with van der Waals surface area (Å²) in [6, 6.07) is 12.0. The molecule has 0 saturated heterocycles. The average Bonchev–Trinajstić information content (AvgIpc) is 3.32. The third kappa shape index (κ3) is 4.36. The lowest BCUT2D eigenvalue weighted by atomic mass is 10.2. The number of carbonyl (C=O) groups excluding carboxylic acids is 1. The summed E-state index contributed by atoms with van der Waals surface area (Å²) in [6.07, 6.45) is 5.65. The predicted molar refractivity (Wildman–Crippen MR) is 94.9 cm³/mol. The summed E-state index contributed by atoms with van der Waals surface area (Å²) >= 11 is 7.38. The van der Waals surface area contributed by atoms with Crippen molar-refractivity contribution in [3.8, 4) is 5.75 Å². The van der Waals surface area contributed by atoms with Crippen LogP contribution in [0.15, 0.2) is 42.5 Å². The number of carbonyl (C=O) groups is 1. The molecule has 5 heteroatoms. The maximum absolute atomic E-state index is 12.5. The molecule has 0 radical (unpaired) electrons. The highest BCUT2D eigenvalue weighted by Crippen LogP contribution is 2.29. The summed E-state index contributed by atoms with van der Waals surface area (Å²) in [7, 11) is 1.65. The van der Waals surface area contributed by atoms with Crippen LogP contribution in [0.5, 0.6) is 5.75 Å². The lowest BCUT2D eigenvalue weighted by molar-refractivity contribution is -0.127. The number of halogens is 1. The van der Waals surface area contributed by atoms with Crippen molar-refractivity contribution >= 4 is 34.9 Å². The molecule has 2 aromatic rings. The van der Waals surface area contributed by atoms with Crippen LogP contribution >= 0.6 is 22.9 Å². The zero-order chi connectivity index (χ0) is 16.2. The van der Waals surface area contributed by atoms with Gasteiger partial charge in [0.2, 0.25) is 5.91 Å². The molecule has 1 aromatic carbocycles. The van der Waals surface area contributed by atoms with Crippen molar-refractivity contribution in [3.05, 3.63) is 57.3 Å². The van der Waals surface area contributed by atoms with Gasteiger partial charge in [-0.3, -0.25) is 4.79 Å². The van der Waals surface area contributed by atoms with Crippen molar-refractivity contribution in [2.75, 3.05) is 7.11 Å². The number of ether oxygens (including phenoxy) is 1. The minimum absolute atomic E-state index is 0.0489. The van der Waals surface area contributed by atoms with E-state index in [1.165, 1.54) is 11.3 Å². The average molecular weight is 348 g/mol. The minimum Gasteiger partial charge on any atom is -0.497 e. The van der Waals surface area contributed by atoms with Crippen LogP contribution in [0.4, 0.5) is 0 Å². The van der Waals surface area contributed by atoms with Crippen LogP contribution in [0.25, 0.3) is 6.08 Å². The maximum Gasteiger partial charge on any atom is 0.247 e. The number of rotatable bonds is 6. The molecule has 1 aliphatic carbocycles. The Bertz CT molecular complexity index is 704. The third-order valence-electron chi connectivity index (χ3n) is 3.77. The lowest BCUT2D eigenvalue weighted by Crippen LogP contribution is -2.31. The normalized spacial score (nSPS) is 14.2. The molecule has 23 heavy (non-hydrogen) atoms. The molecule has 0 spiro atoms. The molecule has 1 saturated carbocycles. The smallest absolute Gasteiger partial charge is 0.247 e. The molecule has 0 bridgehead atoms. The Morgan fingerprint density at radius 3 is 2.61 bits per heavy atom. The van der Waals surface area contributed by atoms with Crippen LogP contribution < -0.4 is 4.74 Å². The second-order valence-corrected chi connectivity index (χ2v) is 7.27. The molecule has 1 heterocycles. The van der Waals surface area contributed by atoms with E-state index in [9.17, 15) is 4.79 Å². The van der Waals surface area contributed by atoms with Gasteiger partial charge in [-0.25, -0.2) is 0 Å². The zero-order valence-corrected chi connectivity index (χ0v) is 14.4. The van der Waals surface area contributed by atoms with Crippen molar-refractivity contribution in [2.24, 2.45) is 0 Å². The highest BCUT2D eigenvalue weighted by atomic mass is 35.5. The van der Waals surface area contributed by atoms with Gasteiger partial charge in [0.05, 0.1) is 11.4 Å². The van der Waals surface area contributed by atoms with Crippen LogP contribution in [0.1, 0.15) is 23.3 Å². The first-order chi connectivity index (χ1) is 11.2. The maximum atomic E-state index is 12.5. The number of hydrogen-bond donors (Lipinski definition) is 0. The van der Waals surface area contributed by atoms with Crippen molar-refractivity contribution < 1.29 is 9.53 Å². The number of hydrogen-bond acceptors (Lipinski definition) is 3. The van der Waals surface area contributed by atoms with Crippen molar-refractivity contribution in [1.29, 1.82) is 0 Å². The molecule has 3 rings (SSSR count). The highest BCUT2D eigenvalue weighted by molar-refractivity contribution is 7.17. The second-order valence-electron chi connectivity index (χ2n) is 5.52. The van der Waals surface area contributed by atoms with Crippen molar-refractivity contribution in [1.82, 2.24) is 4.90 Å². The van der Waals surface area contributed by atoms with Crippen molar-refractivity contribution in [2.45, 2.75) is 25.4 Å². The number of benzene rings is 1. The standard InChI is InChI=1S/C18H18ClNO2S/c1-22-15-6-2-13(3-7-15)12-20(14-4-5-14)18(21)11-9-16-8-10-17(19)23-16/h2-3,6-11,14H,4-5,12H2,1H3/b11-9+. The SMILES string of the molecule is COc1ccc(CN(C(=O)/C=C/c2ccc(Cl)s2)C2CC2)cc1. The van der Waals surface area contributed by atoms with E-state index >= 15 is 0 Å². The topological polar surface area (TPSA) is 29.5 Å². The Morgan fingerprint density at radius 2 is 2.04 bits per heavy atom. The van der Waals surface area contributed by atoms with Gasteiger partial charge in [0.25, 0.3) is 0 Å². The van der Waals surface area contributed by atoms with Crippen molar-refractivity contribution in [3.63, 3.8) is 0 Å². The molecule has 3 nitrogen and oxygen atoms in total. The molecule has 1 aliphatic rings. The van der Waals surface area contributed by atoms with E-state index in [4.69, 9.17) is 16.3 Å². The quantitative estimate of drug-likeness (QED) is 0.714. The summed E-state index contributed by atoms with van der Waals surface area (Å²) in [5.74, 6) is 0.875. The van der Waals surface area contributed by atoms with E-state index in [2.05, 4.69) is 0 Å². The highest BCUT2D eigenvalue weighted by Gasteiger charge is 2.31. The van der Waals surface area contributed by atoms with Crippen LogP contribution in [-0.4, -0.2) is 24.0 Å². The predicted octanol–water partition coefficient (Wildman–Crippen LogP) is 4.61. The van der Waals surface area contributed by atoms with E-state index in [1.54, 1.807) is 13.2 Å². The van der Waals surface area contributed by atoms with Gasteiger partial charge in [-0.2, -0.15) is 0 Å². The van der Waals surface area contributed by atoms with Gasteiger partial charge in [0.15, 0.2) is 0 Å². The Kier molecular flexibility index (Phi) is 5.03. The first-order valence-electron chi connectivity index (χ1n) is 7.52. The van der Waals surface area contributed by atoms with E-state index in [0.717, 1.165) is 33.4 Å². The van der Waals surface area contributed by atoms with E-state index in [1.807, 2.05) is 47.4 Å². The van der Waals surface area contributed by atoms with Gasteiger partial charge in [-0.15, -0.1) is 11.3 Å². The Hall–Kier alpha value is -1.78. The van der Waals surface area contributed by atoms with E-state index < -0.39 is 0 Å². The Morgan fingerprint density at radius 1 is 1.30 bits per heavy atom. The van der Waals surface area contributed by atoms with Crippen LogP contribution in [0.3, 0.4) is 0 Å². The first-order valence-corrected chi connectivity index (χ1v) is 8.72. The van der Waals surface area contributed by atoms with Gasteiger partial charge in [-0.1, -0.05) is 23.7 Å². The second kappa shape index (κ2) is 7.20. The summed E-state index contributed by atoms with van der Waals surface area (Å²) < 4.78 is 5.90. The van der Waals surface area contributed by atoms with Crippen LogP contribution in [0, 0.1) is 0 Å². The summed E-state index contributed by atoms with van der Waals surface area (Å²) in [6.45, 7) is 0.628. The van der Waals surface area contributed by atoms with Gasteiger partial charge < -0.3 is 9.64 Å². The monoisotopic (exact) mass is 347 g/mol. The molecule has 0 N–H and O–H groups in total. The lowest BCUT2D eigenvalue weighted by Gasteiger charge is -2.21. The Balaban J connectivity index is 1.68. The summed E-state index contributed by atoms with van der Waals surface area (Å²) in [5, 5.41) is 0. The van der Waals surface area contributed by atoms with Gasteiger partial charge in [0, 0.05) is 23.5 Å². The fourth-order valence-corrected chi connectivity index (χ4v) is 3.33. The number of nitrogens with zero attached hydrogens (tertiary/aromatic N) is 1.